The lowest BCUT2D eigenvalue weighted by atomic mass is 9.48. The van der Waals surface area contributed by atoms with Gasteiger partial charge in [-0.3, -0.25) is 4.79 Å². The minimum atomic E-state index is -2.98. The largest absolute Gasteiger partial charge is 0.335 e. The van der Waals surface area contributed by atoms with Crippen LogP contribution in [0.15, 0.2) is 0 Å². The molecule has 5 aliphatic carbocycles. The first kappa shape index (κ1) is 20.3. The van der Waals surface area contributed by atoms with E-state index in [2.05, 4.69) is 12.2 Å². The van der Waals surface area contributed by atoms with E-state index >= 15 is 0 Å². The summed E-state index contributed by atoms with van der Waals surface area (Å²) in [6.45, 7) is 2.68. The van der Waals surface area contributed by atoms with Crippen LogP contribution in [0.4, 0.5) is 0 Å². The third-order valence-corrected chi connectivity index (χ3v) is 10.9. The third-order valence-electron chi connectivity index (χ3n) is 9.17. The van der Waals surface area contributed by atoms with Gasteiger partial charge in [0, 0.05) is 18.1 Å². The second kappa shape index (κ2) is 7.51. The zero-order valence-corrected chi connectivity index (χ0v) is 18.8. The molecule has 1 amide bonds. The first-order chi connectivity index (χ1) is 13.8. The molecule has 1 saturated heterocycles. The molecule has 4 bridgehead atoms. The number of hydrogen-bond acceptors (Lipinski definition) is 4. The molecule has 0 spiro atoms. The van der Waals surface area contributed by atoms with Gasteiger partial charge >= 0.3 is 0 Å². The van der Waals surface area contributed by atoms with Crippen molar-refractivity contribution in [2.24, 2.45) is 23.2 Å². The summed E-state index contributed by atoms with van der Waals surface area (Å²) in [4.78, 5) is 15.3. The van der Waals surface area contributed by atoms with E-state index in [-0.39, 0.29) is 29.5 Å². The highest BCUT2D eigenvalue weighted by Gasteiger charge is 2.53. The molecule has 0 aromatic heterocycles. The van der Waals surface area contributed by atoms with E-state index in [1.54, 1.807) is 0 Å². The summed E-state index contributed by atoms with van der Waals surface area (Å²) in [5.74, 6) is 3.29. The monoisotopic (exact) mass is 422 g/mol. The number of rotatable bonds is 6. The van der Waals surface area contributed by atoms with E-state index in [1.165, 1.54) is 38.5 Å². The van der Waals surface area contributed by atoms with Crippen molar-refractivity contribution in [2.75, 3.05) is 18.1 Å². The van der Waals surface area contributed by atoms with Crippen LogP contribution >= 0.6 is 0 Å². The molecule has 6 aliphatic rings. The molecule has 1 heterocycles. The highest BCUT2D eigenvalue weighted by atomic mass is 32.2. The van der Waals surface area contributed by atoms with E-state index in [4.69, 9.17) is 0 Å². The fourth-order valence-electron chi connectivity index (χ4n) is 8.14. The highest BCUT2D eigenvalue weighted by Crippen LogP contribution is 2.61. The number of amides is 1. The maximum atomic E-state index is 13.3. The van der Waals surface area contributed by atoms with Crippen LogP contribution in [0, 0.1) is 23.2 Å². The number of sulfone groups is 1. The van der Waals surface area contributed by atoms with Crippen molar-refractivity contribution in [1.29, 1.82) is 0 Å². The Morgan fingerprint density at radius 2 is 1.59 bits per heavy atom. The van der Waals surface area contributed by atoms with E-state index < -0.39 is 9.84 Å². The average molecular weight is 423 g/mol. The van der Waals surface area contributed by atoms with Crippen LogP contribution in [0.2, 0.25) is 0 Å². The van der Waals surface area contributed by atoms with Crippen molar-refractivity contribution >= 4 is 15.7 Å². The first-order valence-corrected chi connectivity index (χ1v) is 13.9. The van der Waals surface area contributed by atoms with Gasteiger partial charge in [0.1, 0.15) is 0 Å². The van der Waals surface area contributed by atoms with Crippen molar-refractivity contribution in [3.63, 3.8) is 0 Å². The zero-order valence-electron chi connectivity index (χ0n) is 17.9. The number of hydrogen-bond donors (Lipinski definition) is 1. The molecule has 0 aromatic carbocycles. The Balaban J connectivity index is 1.24. The highest BCUT2D eigenvalue weighted by molar-refractivity contribution is 7.91. The van der Waals surface area contributed by atoms with Crippen molar-refractivity contribution in [3.8, 4) is 0 Å². The molecular weight excluding hydrogens is 384 g/mol. The van der Waals surface area contributed by atoms with Crippen molar-refractivity contribution in [1.82, 2.24) is 10.2 Å². The van der Waals surface area contributed by atoms with Crippen LogP contribution in [0.25, 0.3) is 0 Å². The fourth-order valence-corrected chi connectivity index (χ4v) is 9.85. The standard InChI is InChI=1S/C23H38N2O3S/c1-16(23-11-17-8-18(12-23)10-19(9-17)13-23)24-14-22(26)25(20-4-2-3-5-20)21-6-7-29(27,28)15-21/h16-21,24H,2-15H2,1H3. The van der Waals surface area contributed by atoms with Crippen LogP contribution in [-0.2, 0) is 14.6 Å². The van der Waals surface area contributed by atoms with Crippen molar-refractivity contribution in [2.45, 2.75) is 95.7 Å². The molecule has 29 heavy (non-hydrogen) atoms. The summed E-state index contributed by atoms with van der Waals surface area (Å²) in [6.07, 6.45) is 13.4. The van der Waals surface area contributed by atoms with Crippen molar-refractivity contribution in [3.05, 3.63) is 0 Å². The summed E-state index contributed by atoms with van der Waals surface area (Å²) >= 11 is 0. The minimum absolute atomic E-state index is 0.104. The predicted molar refractivity (Wildman–Crippen MR) is 114 cm³/mol. The third kappa shape index (κ3) is 3.88. The fraction of sp³-hybridized carbons (Fsp3) is 0.957. The average Bonchev–Trinajstić information content (AvgIpc) is 3.29. The number of carbonyl (C=O) groups is 1. The Morgan fingerprint density at radius 1 is 1.00 bits per heavy atom. The maximum Gasteiger partial charge on any atom is 0.237 e. The van der Waals surface area contributed by atoms with E-state index in [0.717, 1.165) is 43.4 Å². The smallest absolute Gasteiger partial charge is 0.237 e. The lowest BCUT2D eigenvalue weighted by Gasteiger charge is -2.59. The topological polar surface area (TPSA) is 66.5 Å². The number of carbonyl (C=O) groups excluding carboxylic acids is 1. The molecule has 6 heteroatoms. The van der Waals surface area contributed by atoms with Gasteiger partial charge in [0.2, 0.25) is 5.91 Å². The van der Waals surface area contributed by atoms with Gasteiger partial charge < -0.3 is 10.2 Å². The van der Waals surface area contributed by atoms with Gasteiger partial charge in [-0.15, -0.1) is 0 Å². The number of nitrogens with one attached hydrogen (secondary N) is 1. The Bertz CT molecular complexity index is 708. The predicted octanol–water partition coefficient (Wildman–Crippen LogP) is 3.14. The van der Waals surface area contributed by atoms with Gasteiger partial charge in [-0.2, -0.15) is 0 Å². The number of nitrogens with zero attached hydrogens (tertiary/aromatic N) is 1. The van der Waals surface area contributed by atoms with Crippen LogP contribution in [-0.4, -0.2) is 55.4 Å². The van der Waals surface area contributed by atoms with Crippen LogP contribution in [0.3, 0.4) is 0 Å². The molecule has 5 nitrogen and oxygen atoms in total. The first-order valence-electron chi connectivity index (χ1n) is 12.1. The molecule has 6 fully saturated rings. The molecule has 2 unspecified atom stereocenters. The van der Waals surface area contributed by atoms with Gasteiger partial charge in [0.05, 0.1) is 18.1 Å². The Labute approximate surface area is 176 Å². The van der Waals surface area contributed by atoms with Gasteiger partial charge in [-0.1, -0.05) is 12.8 Å². The van der Waals surface area contributed by atoms with Crippen LogP contribution in [0.5, 0.6) is 0 Å². The van der Waals surface area contributed by atoms with E-state index in [0.29, 0.717) is 24.4 Å². The second-order valence-electron chi connectivity index (χ2n) is 11.2. The Morgan fingerprint density at radius 3 is 2.10 bits per heavy atom. The van der Waals surface area contributed by atoms with Crippen molar-refractivity contribution < 1.29 is 13.2 Å². The quantitative estimate of drug-likeness (QED) is 0.714. The second-order valence-corrected chi connectivity index (χ2v) is 13.4. The summed E-state index contributed by atoms with van der Waals surface area (Å²) in [5, 5.41) is 3.65. The molecule has 0 radical (unpaired) electrons. The Kier molecular flexibility index (Phi) is 5.25. The van der Waals surface area contributed by atoms with Gasteiger partial charge in [-0.05, 0) is 87.9 Å². The SMILES string of the molecule is CC(NCC(=O)N(C1CCCC1)C1CCS(=O)(=O)C1)C12CC3CC(CC(C3)C1)C2. The van der Waals surface area contributed by atoms with Gasteiger partial charge in [0.25, 0.3) is 0 Å². The lowest BCUT2D eigenvalue weighted by molar-refractivity contribution is -0.135. The summed E-state index contributed by atoms with van der Waals surface area (Å²) < 4.78 is 24.1. The molecule has 6 rings (SSSR count). The van der Waals surface area contributed by atoms with E-state index in [1.807, 2.05) is 4.90 Å². The molecule has 1 N–H and O–H groups in total. The normalized spacial score (nSPS) is 41.7. The molecule has 164 valence electrons. The molecule has 5 saturated carbocycles. The Hall–Kier alpha value is -0.620. The summed E-state index contributed by atoms with van der Waals surface area (Å²) in [5.41, 5.74) is 0.393. The summed E-state index contributed by atoms with van der Waals surface area (Å²) in [7, 11) is -2.98. The lowest BCUT2D eigenvalue weighted by Crippen LogP contribution is -2.57. The minimum Gasteiger partial charge on any atom is -0.335 e. The van der Waals surface area contributed by atoms with Gasteiger partial charge in [-0.25, -0.2) is 8.42 Å². The molecule has 2 atom stereocenters. The van der Waals surface area contributed by atoms with Crippen LogP contribution < -0.4 is 5.32 Å². The maximum absolute atomic E-state index is 13.3. The van der Waals surface area contributed by atoms with Gasteiger partial charge in [0.15, 0.2) is 9.84 Å². The molecular formula is C23H38N2O3S. The molecule has 0 aromatic rings. The zero-order chi connectivity index (χ0) is 20.2. The summed E-state index contributed by atoms with van der Waals surface area (Å²) in [6, 6.07) is 0.516. The molecule has 1 aliphatic heterocycles. The van der Waals surface area contributed by atoms with E-state index in [9.17, 15) is 13.2 Å². The van der Waals surface area contributed by atoms with Crippen LogP contribution in [0.1, 0.15) is 77.6 Å².